The molecule has 0 radical (unpaired) electrons. The maximum atomic E-state index is 12.1. The van der Waals surface area contributed by atoms with Gasteiger partial charge in [-0.15, -0.1) is 0 Å². The highest BCUT2D eigenvalue weighted by Crippen LogP contribution is 2.15. The lowest BCUT2D eigenvalue weighted by Crippen LogP contribution is -2.41. The van der Waals surface area contributed by atoms with Gasteiger partial charge < -0.3 is 15.0 Å². The molecule has 2 aromatic heterocycles. The van der Waals surface area contributed by atoms with Crippen molar-refractivity contribution in [2.45, 2.75) is 26.5 Å². The molecule has 1 aliphatic heterocycles. The van der Waals surface area contributed by atoms with Crippen LogP contribution in [0.3, 0.4) is 0 Å². The Balaban J connectivity index is 1.57. The van der Waals surface area contributed by atoms with Gasteiger partial charge in [-0.25, -0.2) is 9.97 Å². The van der Waals surface area contributed by atoms with E-state index in [4.69, 9.17) is 4.74 Å². The van der Waals surface area contributed by atoms with Crippen molar-refractivity contribution < 1.29 is 9.53 Å². The maximum Gasteiger partial charge on any atom is 0.270 e. The van der Waals surface area contributed by atoms with Crippen molar-refractivity contribution >= 4 is 11.7 Å². The number of hydrogen-bond donors (Lipinski definition) is 1. The third-order valence-corrected chi connectivity index (χ3v) is 3.95. The van der Waals surface area contributed by atoms with Crippen LogP contribution in [0.25, 0.3) is 0 Å². The second-order valence-corrected chi connectivity index (χ2v) is 6.00. The first-order valence-electron chi connectivity index (χ1n) is 8.15. The van der Waals surface area contributed by atoms with E-state index in [1.807, 2.05) is 31.2 Å². The van der Waals surface area contributed by atoms with Gasteiger partial charge in [-0.2, -0.15) is 0 Å². The van der Waals surface area contributed by atoms with Crippen molar-refractivity contribution in [3.05, 3.63) is 53.5 Å². The van der Waals surface area contributed by atoms with Crippen LogP contribution in [0.2, 0.25) is 0 Å². The SMILES string of the molecule is Cc1cccc(C(=O)NCc2ccc(N3CCO[C@@H](C)C3)nc2)n1. The number of anilines is 1. The average molecular weight is 326 g/mol. The van der Waals surface area contributed by atoms with Crippen LogP contribution in [0.4, 0.5) is 5.82 Å². The Labute approximate surface area is 141 Å². The van der Waals surface area contributed by atoms with E-state index in [2.05, 4.69) is 27.1 Å². The molecule has 0 unspecified atom stereocenters. The number of pyridine rings is 2. The molecule has 1 saturated heterocycles. The summed E-state index contributed by atoms with van der Waals surface area (Å²) in [5.41, 5.74) is 2.22. The van der Waals surface area contributed by atoms with E-state index in [0.717, 1.165) is 36.8 Å². The summed E-state index contributed by atoms with van der Waals surface area (Å²) < 4.78 is 5.55. The van der Waals surface area contributed by atoms with E-state index in [1.165, 1.54) is 0 Å². The van der Waals surface area contributed by atoms with E-state index in [9.17, 15) is 4.79 Å². The second-order valence-electron chi connectivity index (χ2n) is 6.00. The summed E-state index contributed by atoms with van der Waals surface area (Å²) >= 11 is 0. The molecule has 6 heteroatoms. The Bertz CT molecular complexity index is 702. The van der Waals surface area contributed by atoms with Gasteiger partial charge in [0.1, 0.15) is 11.5 Å². The first-order valence-corrected chi connectivity index (χ1v) is 8.15. The van der Waals surface area contributed by atoms with Crippen molar-refractivity contribution in [2.24, 2.45) is 0 Å². The monoisotopic (exact) mass is 326 g/mol. The summed E-state index contributed by atoms with van der Waals surface area (Å²) in [7, 11) is 0. The summed E-state index contributed by atoms with van der Waals surface area (Å²) in [5, 5.41) is 2.87. The minimum Gasteiger partial charge on any atom is -0.375 e. The minimum atomic E-state index is -0.176. The molecule has 1 amide bonds. The smallest absolute Gasteiger partial charge is 0.270 e. The van der Waals surface area contributed by atoms with Crippen LogP contribution in [-0.4, -0.2) is 41.7 Å². The number of carbonyl (C=O) groups is 1. The van der Waals surface area contributed by atoms with Crippen LogP contribution in [0.15, 0.2) is 36.5 Å². The fourth-order valence-electron chi connectivity index (χ4n) is 2.68. The van der Waals surface area contributed by atoms with Crippen molar-refractivity contribution in [1.82, 2.24) is 15.3 Å². The van der Waals surface area contributed by atoms with E-state index >= 15 is 0 Å². The van der Waals surface area contributed by atoms with Crippen molar-refractivity contribution in [2.75, 3.05) is 24.6 Å². The highest BCUT2D eigenvalue weighted by atomic mass is 16.5. The largest absolute Gasteiger partial charge is 0.375 e. The van der Waals surface area contributed by atoms with Crippen LogP contribution in [0, 0.1) is 6.92 Å². The van der Waals surface area contributed by atoms with Crippen LogP contribution >= 0.6 is 0 Å². The zero-order valence-corrected chi connectivity index (χ0v) is 14.0. The Morgan fingerprint density at radius 3 is 2.96 bits per heavy atom. The minimum absolute atomic E-state index is 0.176. The molecule has 24 heavy (non-hydrogen) atoms. The number of aromatic nitrogens is 2. The second kappa shape index (κ2) is 7.40. The van der Waals surface area contributed by atoms with E-state index in [1.54, 1.807) is 12.3 Å². The molecule has 0 bridgehead atoms. The van der Waals surface area contributed by atoms with Crippen LogP contribution in [-0.2, 0) is 11.3 Å². The van der Waals surface area contributed by atoms with Crippen molar-refractivity contribution in [3.8, 4) is 0 Å². The molecule has 3 heterocycles. The normalized spacial score (nSPS) is 17.6. The molecule has 1 fully saturated rings. The third-order valence-electron chi connectivity index (χ3n) is 3.95. The standard InChI is InChI=1S/C18H22N4O2/c1-13-4-3-5-16(21-13)18(23)20-11-15-6-7-17(19-10-15)22-8-9-24-14(2)12-22/h3-7,10,14H,8-9,11-12H2,1-2H3,(H,20,23)/t14-/m0/s1. The number of hydrogen-bond acceptors (Lipinski definition) is 5. The Morgan fingerprint density at radius 2 is 2.25 bits per heavy atom. The van der Waals surface area contributed by atoms with Gasteiger partial charge in [0, 0.05) is 31.5 Å². The van der Waals surface area contributed by atoms with Gasteiger partial charge in [0.2, 0.25) is 0 Å². The lowest BCUT2D eigenvalue weighted by molar-refractivity contribution is 0.0529. The number of rotatable bonds is 4. The highest BCUT2D eigenvalue weighted by molar-refractivity contribution is 5.92. The maximum absolute atomic E-state index is 12.1. The van der Waals surface area contributed by atoms with E-state index < -0.39 is 0 Å². The molecule has 0 spiro atoms. The number of nitrogens with one attached hydrogen (secondary N) is 1. The zero-order valence-electron chi connectivity index (χ0n) is 14.0. The summed E-state index contributed by atoms with van der Waals surface area (Å²) in [5.74, 6) is 0.769. The first kappa shape index (κ1) is 16.4. The molecular formula is C18H22N4O2. The van der Waals surface area contributed by atoms with Crippen LogP contribution in [0.1, 0.15) is 28.7 Å². The highest BCUT2D eigenvalue weighted by Gasteiger charge is 2.17. The molecule has 3 rings (SSSR count). The molecule has 0 aliphatic carbocycles. The van der Waals surface area contributed by atoms with Gasteiger partial charge in [-0.3, -0.25) is 4.79 Å². The van der Waals surface area contributed by atoms with Crippen LogP contribution in [0.5, 0.6) is 0 Å². The molecule has 0 aromatic carbocycles. The summed E-state index contributed by atoms with van der Waals surface area (Å²) in [6.07, 6.45) is 2.03. The van der Waals surface area contributed by atoms with E-state index in [0.29, 0.717) is 12.2 Å². The lowest BCUT2D eigenvalue weighted by atomic mass is 10.2. The molecule has 1 atom stereocenters. The summed E-state index contributed by atoms with van der Waals surface area (Å²) in [6, 6.07) is 9.39. The summed E-state index contributed by atoms with van der Waals surface area (Å²) in [6.45, 7) is 6.79. The van der Waals surface area contributed by atoms with Gasteiger partial charge in [-0.05, 0) is 37.6 Å². The number of aryl methyl sites for hydroxylation is 1. The molecule has 6 nitrogen and oxygen atoms in total. The number of carbonyl (C=O) groups excluding carboxylic acids is 1. The van der Waals surface area contributed by atoms with Gasteiger partial charge in [-0.1, -0.05) is 12.1 Å². The van der Waals surface area contributed by atoms with Crippen LogP contribution < -0.4 is 10.2 Å². The molecule has 126 valence electrons. The van der Waals surface area contributed by atoms with Crippen molar-refractivity contribution in [1.29, 1.82) is 0 Å². The summed E-state index contributed by atoms with van der Waals surface area (Å²) in [4.78, 5) is 23.0. The Morgan fingerprint density at radius 1 is 1.38 bits per heavy atom. The Kier molecular flexibility index (Phi) is 5.05. The predicted molar refractivity (Wildman–Crippen MR) is 92.0 cm³/mol. The third kappa shape index (κ3) is 4.08. The number of amides is 1. The number of ether oxygens (including phenoxy) is 1. The predicted octanol–water partition coefficient (Wildman–Crippen LogP) is 1.94. The lowest BCUT2D eigenvalue weighted by Gasteiger charge is -2.32. The molecule has 1 aliphatic rings. The molecule has 2 aromatic rings. The van der Waals surface area contributed by atoms with E-state index in [-0.39, 0.29) is 12.0 Å². The molecule has 0 saturated carbocycles. The number of nitrogens with zero attached hydrogens (tertiary/aromatic N) is 3. The topological polar surface area (TPSA) is 67.4 Å². The van der Waals surface area contributed by atoms with Gasteiger partial charge in [0.15, 0.2) is 0 Å². The zero-order chi connectivity index (χ0) is 16.9. The molecule has 1 N–H and O–H groups in total. The van der Waals surface area contributed by atoms with Gasteiger partial charge in [0.05, 0.1) is 12.7 Å². The average Bonchev–Trinajstić information content (AvgIpc) is 2.60. The quantitative estimate of drug-likeness (QED) is 0.930. The number of morpholine rings is 1. The fourth-order valence-corrected chi connectivity index (χ4v) is 2.68. The van der Waals surface area contributed by atoms with Gasteiger partial charge >= 0.3 is 0 Å². The Hall–Kier alpha value is -2.47. The molecular weight excluding hydrogens is 304 g/mol. The fraction of sp³-hybridized carbons (Fsp3) is 0.389. The van der Waals surface area contributed by atoms with Gasteiger partial charge in [0.25, 0.3) is 5.91 Å². The first-order chi connectivity index (χ1) is 11.6. The van der Waals surface area contributed by atoms with Crippen molar-refractivity contribution in [3.63, 3.8) is 0 Å².